The standard InChI is InChI=1S/C15H19N3O2S2/c1-22(19,20)18-7-2-3-13(11-18)9-12-4-5-16-14(10-12)15-17-6-8-21-15/h4-6,8,10,13H,2-3,7,9,11H2,1H3/t13-/m0/s1. The Labute approximate surface area is 135 Å². The third-order valence-corrected chi connectivity index (χ3v) is 6.02. The Morgan fingerprint density at radius 3 is 2.95 bits per heavy atom. The lowest BCUT2D eigenvalue weighted by atomic mass is 9.92. The maximum Gasteiger partial charge on any atom is 0.211 e. The number of thiazole rings is 1. The number of rotatable bonds is 4. The van der Waals surface area contributed by atoms with Crippen molar-refractivity contribution in [3.8, 4) is 10.7 Å². The van der Waals surface area contributed by atoms with Gasteiger partial charge >= 0.3 is 0 Å². The van der Waals surface area contributed by atoms with Crippen molar-refractivity contribution in [2.45, 2.75) is 19.3 Å². The maximum atomic E-state index is 11.7. The Balaban J connectivity index is 1.72. The van der Waals surface area contributed by atoms with E-state index in [4.69, 9.17) is 0 Å². The van der Waals surface area contributed by atoms with Crippen molar-refractivity contribution < 1.29 is 8.42 Å². The summed E-state index contributed by atoms with van der Waals surface area (Å²) in [4.78, 5) is 8.66. The number of nitrogens with zero attached hydrogens (tertiary/aromatic N) is 3. The van der Waals surface area contributed by atoms with Gasteiger partial charge in [0.15, 0.2) is 0 Å². The van der Waals surface area contributed by atoms with E-state index in [1.807, 2.05) is 17.6 Å². The van der Waals surface area contributed by atoms with Crippen LogP contribution in [0.15, 0.2) is 29.9 Å². The van der Waals surface area contributed by atoms with Gasteiger partial charge in [-0.2, -0.15) is 0 Å². The van der Waals surface area contributed by atoms with Gasteiger partial charge < -0.3 is 0 Å². The first kappa shape index (κ1) is 15.6. The number of hydrogen-bond donors (Lipinski definition) is 0. The average molecular weight is 337 g/mol. The molecular weight excluding hydrogens is 318 g/mol. The summed E-state index contributed by atoms with van der Waals surface area (Å²) in [5.74, 6) is 0.370. The highest BCUT2D eigenvalue weighted by atomic mass is 32.2. The highest BCUT2D eigenvalue weighted by Gasteiger charge is 2.25. The Morgan fingerprint density at radius 1 is 1.36 bits per heavy atom. The number of hydrogen-bond acceptors (Lipinski definition) is 5. The fraction of sp³-hybridized carbons (Fsp3) is 0.467. The minimum absolute atomic E-state index is 0.370. The van der Waals surface area contributed by atoms with Crippen LogP contribution in [0.4, 0.5) is 0 Å². The van der Waals surface area contributed by atoms with Gasteiger partial charge in [0, 0.05) is 30.9 Å². The Hall–Kier alpha value is -1.31. The Bertz CT molecular complexity index is 729. The van der Waals surface area contributed by atoms with Crippen molar-refractivity contribution in [1.29, 1.82) is 0 Å². The molecule has 1 atom stereocenters. The van der Waals surface area contributed by atoms with Crippen LogP contribution >= 0.6 is 11.3 Å². The van der Waals surface area contributed by atoms with E-state index in [2.05, 4.69) is 16.0 Å². The molecule has 0 aliphatic carbocycles. The fourth-order valence-electron chi connectivity index (χ4n) is 2.90. The van der Waals surface area contributed by atoms with Crippen molar-refractivity contribution >= 4 is 21.4 Å². The quantitative estimate of drug-likeness (QED) is 0.859. The third kappa shape index (κ3) is 3.71. The molecule has 0 radical (unpaired) electrons. The van der Waals surface area contributed by atoms with Gasteiger partial charge in [-0.1, -0.05) is 0 Å². The lowest BCUT2D eigenvalue weighted by molar-refractivity contribution is 0.267. The average Bonchev–Trinajstić information content (AvgIpc) is 3.01. The first-order valence-corrected chi connectivity index (χ1v) is 10.0. The first-order valence-electron chi connectivity index (χ1n) is 7.32. The predicted molar refractivity (Wildman–Crippen MR) is 88.2 cm³/mol. The van der Waals surface area contributed by atoms with Crippen molar-refractivity contribution in [3.63, 3.8) is 0 Å². The van der Waals surface area contributed by atoms with Gasteiger partial charge in [-0.3, -0.25) is 4.98 Å². The second kappa shape index (κ2) is 6.44. The van der Waals surface area contributed by atoms with Gasteiger partial charge in [-0.15, -0.1) is 11.3 Å². The molecule has 0 spiro atoms. The predicted octanol–water partition coefficient (Wildman–Crippen LogP) is 2.42. The Morgan fingerprint density at radius 2 is 2.23 bits per heavy atom. The minimum atomic E-state index is -3.08. The highest BCUT2D eigenvalue weighted by Crippen LogP contribution is 2.25. The summed E-state index contributed by atoms with van der Waals surface area (Å²) in [6, 6.07) is 4.08. The number of piperidine rings is 1. The molecule has 1 fully saturated rings. The van der Waals surface area contributed by atoms with Gasteiger partial charge in [0.25, 0.3) is 0 Å². The number of aromatic nitrogens is 2. The smallest absolute Gasteiger partial charge is 0.211 e. The lowest BCUT2D eigenvalue weighted by Crippen LogP contribution is -2.39. The van der Waals surface area contributed by atoms with E-state index in [0.717, 1.165) is 30.0 Å². The summed E-state index contributed by atoms with van der Waals surface area (Å²) >= 11 is 1.57. The summed E-state index contributed by atoms with van der Waals surface area (Å²) in [7, 11) is -3.08. The van der Waals surface area contributed by atoms with Gasteiger partial charge in [0.2, 0.25) is 10.0 Å². The van der Waals surface area contributed by atoms with Crippen LogP contribution < -0.4 is 0 Å². The summed E-state index contributed by atoms with van der Waals surface area (Å²) in [5.41, 5.74) is 2.09. The van der Waals surface area contributed by atoms with Crippen LogP contribution in [0.3, 0.4) is 0 Å². The molecule has 0 aromatic carbocycles. The lowest BCUT2D eigenvalue weighted by Gasteiger charge is -2.31. The topological polar surface area (TPSA) is 63.2 Å². The highest BCUT2D eigenvalue weighted by molar-refractivity contribution is 7.88. The molecule has 1 aliphatic rings. The van der Waals surface area contributed by atoms with E-state index in [1.54, 1.807) is 21.8 Å². The van der Waals surface area contributed by atoms with E-state index in [0.29, 0.717) is 19.0 Å². The van der Waals surface area contributed by atoms with Crippen molar-refractivity contribution in [2.24, 2.45) is 5.92 Å². The van der Waals surface area contributed by atoms with E-state index >= 15 is 0 Å². The maximum absolute atomic E-state index is 11.7. The van der Waals surface area contributed by atoms with Crippen LogP contribution in [0.25, 0.3) is 10.7 Å². The fourth-order valence-corrected chi connectivity index (χ4v) is 4.44. The molecule has 5 nitrogen and oxygen atoms in total. The van der Waals surface area contributed by atoms with Gasteiger partial charge in [-0.25, -0.2) is 17.7 Å². The van der Waals surface area contributed by atoms with Crippen LogP contribution in [0, 0.1) is 5.92 Å². The summed E-state index contributed by atoms with van der Waals surface area (Å²) in [6.07, 6.45) is 7.76. The molecule has 3 heterocycles. The molecule has 3 rings (SSSR count). The van der Waals surface area contributed by atoms with E-state index < -0.39 is 10.0 Å². The molecule has 1 aliphatic heterocycles. The van der Waals surface area contributed by atoms with Crippen molar-refractivity contribution in [3.05, 3.63) is 35.5 Å². The van der Waals surface area contributed by atoms with E-state index in [-0.39, 0.29) is 0 Å². The molecular formula is C15H19N3O2S2. The molecule has 7 heteroatoms. The Kier molecular flexibility index (Phi) is 4.56. The van der Waals surface area contributed by atoms with Gasteiger partial charge in [0.05, 0.1) is 11.9 Å². The zero-order chi connectivity index (χ0) is 15.6. The number of sulfonamides is 1. The molecule has 2 aromatic rings. The molecule has 0 N–H and O–H groups in total. The second-order valence-electron chi connectivity index (χ2n) is 5.72. The minimum Gasteiger partial charge on any atom is -0.254 e. The van der Waals surface area contributed by atoms with Gasteiger partial charge in [-0.05, 0) is 42.9 Å². The summed E-state index contributed by atoms with van der Waals surface area (Å²) < 4.78 is 25.0. The van der Waals surface area contributed by atoms with Crippen LogP contribution in [0.2, 0.25) is 0 Å². The molecule has 118 valence electrons. The molecule has 0 unspecified atom stereocenters. The molecule has 0 bridgehead atoms. The largest absolute Gasteiger partial charge is 0.254 e. The second-order valence-corrected chi connectivity index (χ2v) is 8.60. The number of pyridine rings is 1. The normalized spacial score (nSPS) is 20.1. The SMILES string of the molecule is CS(=O)(=O)N1CCC[C@@H](Cc2ccnc(-c3nccs3)c2)C1. The van der Waals surface area contributed by atoms with Gasteiger partial charge in [0.1, 0.15) is 5.01 Å². The van der Waals surface area contributed by atoms with Crippen LogP contribution in [-0.2, 0) is 16.4 Å². The van der Waals surface area contributed by atoms with Crippen molar-refractivity contribution in [2.75, 3.05) is 19.3 Å². The van der Waals surface area contributed by atoms with E-state index in [9.17, 15) is 8.42 Å². The van der Waals surface area contributed by atoms with Crippen LogP contribution in [0.5, 0.6) is 0 Å². The first-order chi connectivity index (χ1) is 10.5. The summed E-state index contributed by atoms with van der Waals surface area (Å²) in [5, 5.41) is 2.86. The molecule has 22 heavy (non-hydrogen) atoms. The zero-order valence-electron chi connectivity index (χ0n) is 12.5. The van der Waals surface area contributed by atoms with Crippen LogP contribution in [0.1, 0.15) is 18.4 Å². The third-order valence-electron chi connectivity index (χ3n) is 3.95. The molecule has 2 aromatic heterocycles. The van der Waals surface area contributed by atoms with Crippen molar-refractivity contribution in [1.82, 2.24) is 14.3 Å². The van der Waals surface area contributed by atoms with Crippen LogP contribution in [-0.4, -0.2) is 42.0 Å². The molecule has 0 saturated carbocycles. The monoisotopic (exact) mass is 337 g/mol. The molecule has 1 saturated heterocycles. The van der Waals surface area contributed by atoms with E-state index in [1.165, 1.54) is 11.8 Å². The molecule has 0 amide bonds. The zero-order valence-corrected chi connectivity index (χ0v) is 14.1. The summed E-state index contributed by atoms with van der Waals surface area (Å²) in [6.45, 7) is 1.27.